The Bertz CT molecular complexity index is 1840. The fourth-order valence-electron chi connectivity index (χ4n) is 8.94. The Hall–Kier alpha value is -3.63. The molecule has 1 saturated heterocycles. The van der Waals surface area contributed by atoms with E-state index in [0.717, 1.165) is 36.4 Å². The molecule has 8 rings (SSSR count). The van der Waals surface area contributed by atoms with E-state index in [1.807, 2.05) is 6.92 Å². The average Bonchev–Trinajstić information content (AvgIpc) is 3.80. The third-order valence-corrected chi connectivity index (χ3v) is 11.9. The van der Waals surface area contributed by atoms with Gasteiger partial charge in [0.2, 0.25) is 0 Å². The Morgan fingerprint density at radius 3 is 2.53 bits per heavy atom. The molecule has 2 N–H and O–H groups in total. The summed E-state index contributed by atoms with van der Waals surface area (Å²) in [4.78, 5) is 41.3. The molecular weight excluding hydrogens is 667 g/mol. The highest BCUT2D eigenvalue weighted by atomic mass is 35.5. The number of ether oxygens (including phenoxy) is 3. The van der Waals surface area contributed by atoms with Crippen molar-refractivity contribution in [3.63, 3.8) is 0 Å². The molecule has 2 bridgehead atoms. The molecule has 49 heavy (non-hydrogen) atoms. The second-order valence-corrected chi connectivity index (χ2v) is 15.0. The first-order valence-electron chi connectivity index (χ1n) is 17.1. The van der Waals surface area contributed by atoms with Gasteiger partial charge in [-0.1, -0.05) is 59.6 Å². The second kappa shape index (κ2) is 12.3. The number of nitrogens with zero attached hydrogens (tertiary/aromatic N) is 1. The van der Waals surface area contributed by atoms with Crippen LogP contribution in [0.4, 0.5) is 11.4 Å². The highest BCUT2D eigenvalue weighted by Gasteiger charge is 2.73. The Kier molecular flexibility index (Phi) is 8.18. The Morgan fingerprint density at radius 1 is 0.980 bits per heavy atom. The molecule has 3 aromatic carbocycles. The lowest BCUT2D eigenvalue weighted by Gasteiger charge is -2.64. The van der Waals surface area contributed by atoms with E-state index in [-0.39, 0.29) is 12.5 Å². The third-order valence-electron chi connectivity index (χ3n) is 11.3. The summed E-state index contributed by atoms with van der Waals surface area (Å²) < 4.78 is 17.7. The minimum atomic E-state index is -1.02. The first-order valence-corrected chi connectivity index (χ1v) is 17.8. The lowest BCUT2D eigenvalue weighted by Crippen LogP contribution is -2.77. The van der Waals surface area contributed by atoms with Gasteiger partial charge in [0.05, 0.1) is 33.2 Å². The van der Waals surface area contributed by atoms with E-state index in [2.05, 4.69) is 22.3 Å². The minimum Gasteiger partial charge on any atom is -0.485 e. The second-order valence-electron chi connectivity index (χ2n) is 14.2. The number of rotatable bonds is 9. The SMILES string of the molecule is Cc1ccc2c3c1OC1[C@H](OC(=O)CC(=O)OC(=O)Cc4ccccc4Nc4c(Cl)cccc4Cl)CC[C@@]4(O)[C@@H](C2)N(CC2CC2)CC[C@]314. The normalized spacial score (nSPS) is 27.9. The number of anilines is 2. The van der Waals surface area contributed by atoms with Crippen LogP contribution in [-0.4, -0.2) is 64.9 Å². The van der Waals surface area contributed by atoms with Gasteiger partial charge < -0.3 is 24.6 Å². The zero-order chi connectivity index (χ0) is 34.1. The van der Waals surface area contributed by atoms with Gasteiger partial charge in [-0.15, -0.1) is 0 Å². The van der Waals surface area contributed by atoms with Gasteiger partial charge >= 0.3 is 17.9 Å². The number of carbonyl (C=O) groups is 3. The Morgan fingerprint density at radius 2 is 1.76 bits per heavy atom. The number of halogens is 2. The molecule has 3 fully saturated rings. The fraction of sp³-hybridized carbons (Fsp3) is 0.447. The number of piperidine rings is 1. The number of aliphatic hydroxyl groups is 1. The number of para-hydroxylation sites is 2. The van der Waals surface area contributed by atoms with Gasteiger partial charge in [-0.2, -0.15) is 0 Å². The van der Waals surface area contributed by atoms with Gasteiger partial charge in [0.15, 0.2) is 0 Å². The highest BCUT2D eigenvalue weighted by molar-refractivity contribution is 6.39. The van der Waals surface area contributed by atoms with Crippen LogP contribution in [0, 0.1) is 12.8 Å². The van der Waals surface area contributed by atoms with E-state index in [9.17, 15) is 19.5 Å². The number of nitrogens with one attached hydrogen (secondary N) is 1. The largest absolute Gasteiger partial charge is 0.485 e. The maximum absolute atomic E-state index is 13.2. The van der Waals surface area contributed by atoms with E-state index >= 15 is 0 Å². The molecule has 2 aliphatic heterocycles. The monoisotopic (exact) mass is 704 g/mol. The number of aryl methyl sites for hydroxylation is 1. The molecule has 5 aliphatic rings. The number of esters is 3. The van der Waals surface area contributed by atoms with Crippen molar-refractivity contribution in [2.45, 2.75) is 87.6 Å². The van der Waals surface area contributed by atoms with E-state index in [1.54, 1.807) is 42.5 Å². The molecule has 9 nitrogen and oxygen atoms in total. The van der Waals surface area contributed by atoms with Gasteiger partial charge in [0.25, 0.3) is 0 Å². The summed E-state index contributed by atoms with van der Waals surface area (Å²) in [5.41, 5.74) is 3.13. The Labute approximate surface area is 294 Å². The van der Waals surface area contributed by atoms with Crippen molar-refractivity contribution in [1.82, 2.24) is 4.90 Å². The van der Waals surface area contributed by atoms with Crippen LogP contribution in [0.5, 0.6) is 5.75 Å². The topological polar surface area (TPSA) is 114 Å². The van der Waals surface area contributed by atoms with E-state index < -0.39 is 47.6 Å². The van der Waals surface area contributed by atoms with Gasteiger partial charge in [0, 0.05) is 23.8 Å². The lowest BCUT2D eigenvalue weighted by atomic mass is 9.48. The minimum absolute atomic E-state index is 0.0336. The molecule has 3 aliphatic carbocycles. The number of hydrogen-bond donors (Lipinski definition) is 2. The van der Waals surface area contributed by atoms with Crippen LogP contribution in [-0.2, 0) is 42.1 Å². The predicted octanol–water partition coefficient (Wildman–Crippen LogP) is 6.22. The van der Waals surface area contributed by atoms with Gasteiger partial charge in [-0.3, -0.25) is 19.3 Å². The maximum atomic E-state index is 13.2. The standard InChI is InChI=1S/C38H38Cl2N2O7/c1-21-9-12-24-17-29-38(46)14-13-28(36-37(38,33(24)35(21)49-36)15-16-42(29)20-22-10-11-22)47-31(44)19-32(45)48-30(43)18-23-5-2-3-8-27(23)41-34-25(39)6-4-7-26(34)40/h2-9,12,22,28-29,36,41,46H,10-11,13-20H2,1H3/t28-,29-,36?,37+,38-/m1/s1. The first kappa shape index (κ1) is 32.6. The summed E-state index contributed by atoms with van der Waals surface area (Å²) in [5.74, 6) is -1.13. The Balaban J connectivity index is 0.941. The highest BCUT2D eigenvalue weighted by Crippen LogP contribution is 2.65. The van der Waals surface area contributed by atoms with Crippen LogP contribution in [0.15, 0.2) is 54.6 Å². The molecule has 5 atom stereocenters. The van der Waals surface area contributed by atoms with Crippen LogP contribution >= 0.6 is 23.2 Å². The molecule has 1 unspecified atom stereocenters. The van der Waals surface area contributed by atoms with Crippen LogP contribution < -0.4 is 10.1 Å². The molecule has 256 valence electrons. The quantitative estimate of drug-likeness (QED) is 0.198. The maximum Gasteiger partial charge on any atom is 0.324 e. The first-order chi connectivity index (χ1) is 23.6. The molecule has 2 saturated carbocycles. The van der Waals surface area contributed by atoms with Crippen LogP contribution in [0.2, 0.25) is 10.0 Å². The summed E-state index contributed by atoms with van der Waals surface area (Å²) in [5, 5.41) is 16.6. The van der Waals surface area contributed by atoms with Crippen LogP contribution in [0.3, 0.4) is 0 Å². The number of hydrogen-bond acceptors (Lipinski definition) is 9. The molecule has 11 heteroatoms. The van der Waals surface area contributed by atoms with E-state index in [1.165, 1.54) is 18.4 Å². The summed E-state index contributed by atoms with van der Waals surface area (Å²) >= 11 is 12.6. The molecule has 2 heterocycles. The zero-order valence-corrected chi connectivity index (χ0v) is 28.7. The van der Waals surface area contributed by atoms with E-state index in [4.69, 9.17) is 37.4 Å². The van der Waals surface area contributed by atoms with E-state index in [0.29, 0.717) is 52.2 Å². The summed E-state index contributed by atoms with van der Waals surface area (Å²) in [7, 11) is 0. The summed E-state index contributed by atoms with van der Waals surface area (Å²) in [6, 6.07) is 16.3. The molecule has 0 radical (unpaired) electrons. The number of carbonyl (C=O) groups excluding carboxylic acids is 3. The molecular formula is C38H38Cl2N2O7. The average molecular weight is 706 g/mol. The van der Waals surface area contributed by atoms with Crippen molar-refractivity contribution >= 4 is 52.5 Å². The smallest absolute Gasteiger partial charge is 0.324 e. The fourth-order valence-corrected chi connectivity index (χ4v) is 9.43. The van der Waals surface area contributed by atoms with Crippen molar-refractivity contribution in [3.05, 3.63) is 86.9 Å². The van der Waals surface area contributed by atoms with Crippen molar-refractivity contribution in [3.8, 4) is 5.75 Å². The van der Waals surface area contributed by atoms with Crippen molar-refractivity contribution in [2.75, 3.05) is 18.4 Å². The third kappa shape index (κ3) is 5.50. The predicted molar refractivity (Wildman–Crippen MR) is 183 cm³/mol. The van der Waals surface area contributed by atoms with Crippen molar-refractivity contribution < 1.29 is 33.7 Å². The van der Waals surface area contributed by atoms with Gasteiger partial charge in [-0.05, 0) is 92.8 Å². The van der Waals surface area contributed by atoms with Crippen molar-refractivity contribution in [2.24, 2.45) is 5.92 Å². The number of benzene rings is 3. The van der Waals surface area contributed by atoms with Gasteiger partial charge in [-0.25, -0.2) is 0 Å². The van der Waals surface area contributed by atoms with Gasteiger partial charge in [0.1, 0.15) is 24.4 Å². The molecule has 3 aromatic rings. The lowest BCUT2D eigenvalue weighted by molar-refractivity contribution is -0.216. The molecule has 1 spiro atoms. The molecule has 0 aromatic heterocycles. The summed E-state index contributed by atoms with van der Waals surface area (Å²) in [6.45, 7) is 3.85. The summed E-state index contributed by atoms with van der Waals surface area (Å²) in [6.07, 6.45) is 2.61. The van der Waals surface area contributed by atoms with Crippen LogP contribution in [0.1, 0.15) is 60.8 Å². The van der Waals surface area contributed by atoms with Crippen molar-refractivity contribution in [1.29, 1.82) is 0 Å². The number of likely N-dealkylation sites (tertiary alicyclic amines) is 1. The molecule has 0 amide bonds. The van der Waals surface area contributed by atoms with Crippen LogP contribution in [0.25, 0.3) is 0 Å². The zero-order valence-electron chi connectivity index (χ0n) is 27.2.